The van der Waals surface area contributed by atoms with E-state index in [9.17, 15) is 14.3 Å². The topological polar surface area (TPSA) is 80.4 Å². The second-order valence-corrected chi connectivity index (χ2v) is 2.97. The Kier molecular flexibility index (Phi) is 5.34. The minimum absolute atomic E-state index is 0. The average Bonchev–Trinajstić information content (AvgIpc) is 2.04. The number of nitro benzene ring substituents is 1. The molecule has 0 amide bonds. The molecule has 7 heteroatoms. The molecule has 0 heterocycles. The van der Waals surface area contributed by atoms with Crippen molar-refractivity contribution in [1.29, 1.82) is 0 Å². The largest absolute Gasteiger partial charge is 1.00 e. The van der Waals surface area contributed by atoms with Gasteiger partial charge >= 0.3 is 29.6 Å². The molecule has 0 fully saturated rings. The van der Waals surface area contributed by atoms with Crippen LogP contribution in [0.15, 0.2) is 29.2 Å². The second kappa shape index (κ2) is 5.46. The molecule has 13 heavy (non-hydrogen) atoms. The molecule has 0 aliphatic carbocycles. The SMILES string of the molecule is O=[N+]([O-])c1cccc(S(=O)O)c1.[H-].[Na+]. The maximum atomic E-state index is 10.5. The van der Waals surface area contributed by atoms with E-state index in [1.807, 2.05) is 0 Å². The fourth-order valence-corrected chi connectivity index (χ4v) is 1.12. The van der Waals surface area contributed by atoms with Gasteiger partial charge in [-0.1, -0.05) is 6.07 Å². The van der Waals surface area contributed by atoms with Crippen LogP contribution in [0.1, 0.15) is 1.43 Å². The van der Waals surface area contributed by atoms with Gasteiger partial charge in [-0.2, -0.15) is 0 Å². The minimum Gasteiger partial charge on any atom is -1.00 e. The number of benzene rings is 1. The monoisotopic (exact) mass is 211 g/mol. The zero-order valence-electron chi connectivity index (χ0n) is 7.84. The molecule has 5 nitrogen and oxygen atoms in total. The molecule has 0 saturated heterocycles. The molecule has 66 valence electrons. The maximum Gasteiger partial charge on any atom is 1.00 e. The van der Waals surface area contributed by atoms with Crippen LogP contribution in [0.25, 0.3) is 0 Å². The van der Waals surface area contributed by atoms with Crippen molar-refractivity contribution in [2.24, 2.45) is 0 Å². The summed E-state index contributed by atoms with van der Waals surface area (Å²) < 4.78 is 19.0. The molecule has 1 aromatic rings. The van der Waals surface area contributed by atoms with Gasteiger partial charge in [0.05, 0.1) is 9.82 Å². The van der Waals surface area contributed by atoms with Crippen molar-refractivity contribution in [2.45, 2.75) is 4.90 Å². The molecule has 1 aromatic carbocycles. The van der Waals surface area contributed by atoms with Crippen molar-refractivity contribution in [3.63, 3.8) is 0 Å². The minimum atomic E-state index is -2.16. The molecule has 0 aliphatic rings. The summed E-state index contributed by atoms with van der Waals surface area (Å²) in [6.45, 7) is 0. The normalized spacial score (nSPS) is 11.5. The van der Waals surface area contributed by atoms with Crippen LogP contribution in [0.2, 0.25) is 0 Å². The van der Waals surface area contributed by atoms with E-state index in [1.54, 1.807) is 0 Å². The van der Waals surface area contributed by atoms with E-state index in [0.29, 0.717) is 0 Å². The molecule has 0 saturated carbocycles. The van der Waals surface area contributed by atoms with E-state index in [4.69, 9.17) is 4.55 Å². The molecule has 0 spiro atoms. The van der Waals surface area contributed by atoms with Crippen LogP contribution >= 0.6 is 0 Å². The first-order chi connectivity index (χ1) is 5.61. The standard InChI is InChI=1S/C6H5NO4S.Na.H/c8-7(9)5-2-1-3-6(4-5)12(10)11;;/h1-4H,(H,10,11);;/q;+1;-1. The van der Waals surface area contributed by atoms with Crippen LogP contribution in [0.5, 0.6) is 0 Å². The van der Waals surface area contributed by atoms with E-state index in [-0.39, 0.29) is 41.6 Å². The molecule has 1 unspecified atom stereocenters. The Morgan fingerprint density at radius 1 is 1.54 bits per heavy atom. The van der Waals surface area contributed by atoms with Crippen molar-refractivity contribution >= 4 is 16.8 Å². The van der Waals surface area contributed by atoms with E-state index in [0.717, 1.165) is 6.07 Å². The molecule has 1 rings (SSSR count). The summed E-state index contributed by atoms with van der Waals surface area (Å²) in [6, 6.07) is 5.04. The Balaban J connectivity index is 0. The molecular formula is C6H6NNaO4S. The number of nitrogens with zero attached hydrogens (tertiary/aromatic N) is 1. The van der Waals surface area contributed by atoms with Gasteiger partial charge in [0.2, 0.25) is 0 Å². The summed E-state index contributed by atoms with van der Waals surface area (Å²) in [5.74, 6) is 0. The molecule has 1 atom stereocenters. The number of rotatable bonds is 2. The van der Waals surface area contributed by atoms with Crippen LogP contribution in [-0.4, -0.2) is 13.7 Å². The van der Waals surface area contributed by atoms with E-state index >= 15 is 0 Å². The Hall–Kier alpha value is -0.270. The summed E-state index contributed by atoms with van der Waals surface area (Å²) in [5.41, 5.74) is -0.185. The molecule has 1 N–H and O–H groups in total. The third kappa shape index (κ3) is 3.53. The van der Waals surface area contributed by atoms with Gasteiger partial charge < -0.3 is 5.98 Å². The Bertz CT molecular complexity index is 319. The zero-order valence-corrected chi connectivity index (χ0v) is 9.65. The van der Waals surface area contributed by atoms with Crippen molar-refractivity contribution in [2.75, 3.05) is 0 Å². The summed E-state index contributed by atoms with van der Waals surface area (Å²) in [5, 5.41) is 10.2. The first-order valence-electron chi connectivity index (χ1n) is 2.96. The number of nitro groups is 1. The average molecular weight is 211 g/mol. The summed E-state index contributed by atoms with van der Waals surface area (Å²) in [6.07, 6.45) is 0. The molecular weight excluding hydrogens is 205 g/mol. The molecule has 0 aromatic heterocycles. The Labute approximate surface area is 100 Å². The van der Waals surface area contributed by atoms with Gasteiger partial charge in [0.15, 0.2) is 11.1 Å². The van der Waals surface area contributed by atoms with E-state index in [1.165, 1.54) is 18.2 Å². The van der Waals surface area contributed by atoms with Crippen LogP contribution in [0.4, 0.5) is 5.69 Å². The molecule has 0 aliphatic heterocycles. The van der Waals surface area contributed by atoms with Crippen LogP contribution in [0, 0.1) is 10.1 Å². The van der Waals surface area contributed by atoms with Crippen molar-refractivity contribution in [1.82, 2.24) is 0 Å². The first-order valence-corrected chi connectivity index (χ1v) is 4.07. The zero-order chi connectivity index (χ0) is 9.14. The van der Waals surface area contributed by atoms with Crippen molar-refractivity contribution < 1.29 is 44.7 Å². The van der Waals surface area contributed by atoms with Gasteiger partial charge in [0.25, 0.3) is 5.69 Å². The van der Waals surface area contributed by atoms with Crippen molar-refractivity contribution in [3.8, 4) is 0 Å². The smallest absolute Gasteiger partial charge is 1.00 e. The van der Waals surface area contributed by atoms with E-state index < -0.39 is 16.0 Å². The van der Waals surface area contributed by atoms with Crippen LogP contribution in [-0.2, 0) is 11.1 Å². The third-order valence-electron chi connectivity index (χ3n) is 1.23. The summed E-state index contributed by atoms with van der Waals surface area (Å²) >= 11 is -2.16. The van der Waals surface area contributed by atoms with E-state index in [2.05, 4.69) is 0 Å². The third-order valence-corrected chi connectivity index (χ3v) is 1.89. The summed E-state index contributed by atoms with van der Waals surface area (Å²) in [4.78, 5) is 9.62. The van der Waals surface area contributed by atoms with Gasteiger partial charge in [0.1, 0.15) is 0 Å². The fraction of sp³-hybridized carbons (Fsp3) is 0. The first kappa shape index (κ1) is 12.7. The molecule has 0 bridgehead atoms. The Morgan fingerprint density at radius 2 is 2.15 bits per heavy atom. The second-order valence-electron chi connectivity index (χ2n) is 2.00. The maximum absolute atomic E-state index is 10.5. The van der Waals surface area contributed by atoms with Crippen LogP contribution < -0.4 is 29.6 Å². The van der Waals surface area contributed by atoms with Gasteiger partial charge in [0, 0.05) is 12.1 Å². The number of non-ortho nitro benzene ring substituents is 1. The number of hydrogen-bond acceptors (Lipinski definition) is 3. The van der Waals surface area contributed by atoms with Gasteiger partial charge in [-0.15, -0.1) is 0 Å². The summed E-state index contributed by atoms with van der Waals surface area (Å²) in [7, 11) is 0. The predicted molar refractivity (Wildman–Crippen MR) is 43.2 cm³/mol. The van der Waals surface area contributed by atoms with Gasteiger partial charge in [-0.05, 0) is 6.07 Å². The van der Waals surface area contributed by atoms with Crippen LogP contribution in [0.3, 0.4) is 0 Å². The fourth-order valence-electron chi connectivity index (χ4n) is 0.706. The van der Waals surface area contributed by atoms with Gasteiger partial charge in [-0.25, -0.2) is 4.21 Å². The number of hydrogen-bond donors (Lipinski definition) is 1. The predicted octanol–water partition coefficient (Wildman–Crippen LogP) is -1.71. The van der Waals surface area contributed by atoms with Gasteiger partial charge in [-0.3, -0.25) is 10.1 Å². The molecule has 0 radical (unpaired) electrons. The quantitative estimate of drug-likeness (QED) is 0.273. The Morgan fingerprint density at radius 3 is 2.62 bits per heavy atom. The van der Waals surface area contributed by atoms with Crippen molar-refractivity contribution in [3.05, 3.63) is 34.4 Å².